The second-order valence-corrected chi connectivity index (χ2v) is 9.39. The Morgan fingerprint density at radius 2 is 1.44 bits per heavy atom. The van der Waals surface area contributed by atoms with E-state index in [-0.39, 0.29) is 24.5 Å². The first-order valence-corrected chi connectivity index (χ1v) is 13.1. The molecule has 8 nitrogen and oxygen atoms in total. The number of hydrogen-bond donors (Lipinski definition) is 1. The maximum Gasteiger partial charge on any atom is 0.371 e. The zero-order chi connectivity index (χ0) is 31.5. The number of aliphatic hydroxyl groups excluding tert-OH is 1. The van der Waals surface area contributed by atoms with E-state index in [4.69, 9.17) is 18.9 Å². The lowest BCUT2D eigenvalue weighted by molar-refractivity contribution is -0.139. The maximum absolute atomic E-state index is 12.9. The van der Waals surface area contributed by atoms with Crippen LogP contribution in [0.2, 0.25) is 0 Å². The molecule has 3 aromatic carbocycles. The van der Waals surface area contributed by atoms with Crippen LogP contribution in [0.4, 0.5) is 4.39 Å². The molecule has 0 unspecified atom stereocenters. The van der Waals surface area contributed by atoms with E-state index in [0.29, 0.717) is 16.9 Å². The van der Waals surface area contributed by atoms with Crippen LogP contribution in [0.3, 0.4) is 0 Å². The molecule has 0 radical (unpaired) electrons. The molecule has 0 aliphatic carbocycles. The molecule has 0 heterocycles. The van der Waals surface area contributed by atoms with E-state index in [0.717, 1.165) is 22.3 Å². The fourth-order valence-electron chi connectivity index (χ4n) is 3.61. The maximum atomic E-state index is 12.9. The van der Waals surface area contributed by atoms with Gasteiger partial charge in [0, 0.05) is 11.6 Å². The standard InChI is InChI=1S/C34H31FO8/c1-21(2)32(37)41-19-18-40-29-14-11-27(12-15-29)26-9-7-25(8-10-26)22(3)6-17-31(36)43-34(39)28-13-16-30(23(4)20-28)42-33(38)24(5)35/h6-17,20,36H,1,5,18-19H2,2-4H3/b22-6+,31-17+. The van der Waals surface area contributed by atoms with Crippen LogP contribution in [0.15, 0.2) is 109 Å². The van der Waals surface area contributed by atoms with Crippen LogP contribution >= 0.6 is 0 Å². The van der Waals surface area contributed by atoms with Crippen molar-refractivity contribution in [2.45, 2.75) is 20.8 Å². The van der Waals surface area contributed by atoms with Crippen molar-refractivity contribution in [3.05, 3.63) is 126 Å². The van der Waals surface area contributed by atoms with Crippen LogP contribution in [0.25, 0.3) is 16.7 Å². The molecule has 0 aromatic heterocycles. The quantitative estimate of drug-likeness (QED) is 0.0592. The van der Waals surface area contributed by atoms with E-state index in [1.165, 1.54) is 24.3 Å². The molecule has 0 aliphatic heterocycles. The first-order valence-electron chi connectivity index (χ1n) is 13.1. The van der Waals surface area contributed by atoms with Crippen molar-refractivity contribution in [3.63, 3.8) is 0 Å². The third-order valence-electron chi connectivity index (χ3n) is 5.97. The van der Waals surface area contributed by atoms with E-state index in [2.05, 4.69) is 13.2 Å². The number of halogens is 1. The molecule has 0 spiro atoms. The molecule has 1 N–H and O–H groups in total. The average Bonchev–Trinajstić information content (AvgIpc) is 2.99. The van der Waals surface area contributed by atoms with E-state index < -0.39 is 29.7 Å². The highest BCUT2D eigenvalue weighted by atomic mass is 19.1. The Labute approximate surface area is 249 Å². The lowest BCUT2D eigenvalue weighted by atomic mass is 10.0. The lowest BCUT2D eigenvalue weighted by Gasteiger charge is -2.09. The van der Waals surface area contributed by atoms with Gasteiger partial charge >= 0.3 is 17.9 Å². The van der Waals surface area contributed by atoms with Crippen molar-refractivity contribution in [1.82, 2.24) is 0 Å². The van der Waals surface area contributed by atoms with Gasteiger partial charge in [-0.3, -0.25) is 0 Å². The van der Waals surface area contributed by atoms with Crippen molar-refractivity contribution in [2.24, 2.45) is 0 Å². The van der Waals surface area contributed by atoms with Crippen molar-refractivity contribution >= 4 is 23.5 Å². The highest BCUT2D eigenvalue weighted by molar-refractivity contribution is 5.91. The van der Waals surface area contributed by atoms with Gasteiger partial charge in [0.25, 0.3) is 5.95 Å². The van der Waals surface area contributed by atoms with Gasteiger partial charge in [0.2, 0.25) is 5.83 Å². The summed E-state index contributed by atoms with van der Waals surface area (Å²) in [7, 11) is 0. The topological polar surface area (TPSA) is 108 Å². The predicted molar refractivity (Wildman–Crippen MR) is 160 cm³/mol. The third kappa shape index (κ3) is 9.57. The summed E-state index contributed by atoms with van der Waals surface area (Å²) in [5.74, 6) is -3.65. The number of esters is 3. The van der Waals surface area contributed by atoms with Crippen LogP contribution in [0, 0.1) is 6.92 Å². The smallest absolute Gasteiger partial charge is 0.371 e. The zero-order valence-electron chi connectivity index (χ0n) is 24.0. The van der Waals surface area contributed by atoms with Gasteiger partial charge in [-0.25, -0.2) is 14.4 Å². The molecular formula is C34H31FO8. The van der Waals surface area contributed by atoms with Crippen LogP contribution in [0.5, 0.6) is 11.5 Å². The van der Waals surface area contributed by atoms with Crippen molar-refractivity contribution < 1.29 is 42.8 Å². The lowest BCUT2D eigenvalue weighted by Crippen LogP contribution is -2.12. The molecule has 0 atom stereocenters. The molecule has 0 saturated heterocycles. The molecule has 0 aliphatic rings. The second kappa shape index (κ2) is 15.0. The molecule has 9 heteroatoms. The van der Waals surface area contributed by atoms with Gasteiger partial charge in [0.05, 0.1) is 5.56 Å². The van der Waals surface area contributed by atoms with E-state index in [1.54, 1.807) is 19.9 Å². The van der Waals surface area contributed by atoms with Crippen LogP contribution in [0.1, 0.15) is 35.3 Å². The van der Waals surface area contributed by atoms with Crippen LogP contribution < -0.4 is 9.47 Å². The summed E-state index contributed by atoms with van der Waals surface area (Å²) in [5, 5.41) is 10.1. The minimum atomic E-state index is -1.24. The van der Waals surface area contributed by atoms with E-state index in [9.17, 15) is 23.9 Å². The van der Waals surface area contributed by atoms with Crippen LogP contribution in [-0.2, 0) is 19.1 Å². The van der Waals surface area contributed by atoms with Gasteiger partial charge in [-0.15, -0.1) is 0 Å². The number of hydrogen-bond acceptors (Lipinski definition) is 8. The monoisotopic (exact) mass is 586 g/mol. The minimum absolute atomic E-state index is 0.0615. The normalized spacial score (nSPS) is 11.3. The summed E-state index contributed by atoms with van der Waals surface area (Å²) in [6.45, 7) is 11.7. The highest BCUT2D eigenvalue weighted by Gasteiger charge is 2.15. The molecule has 0 bridgehead atoms. The SMILES string of the molecule is C=C(C)C(=O)OCCOc1ccc(-c2ccc(/C(C)=C/C=C(\O)OC(=O)c3ccc(OC(=O)C(=C)F)c(C)c3)cc2)cc1. The minimum Gasteiger partial charge on any atom is -0.490 e. The first kappa shape index (κ1) is 32.1. The number of carbonyl (C=O) groups excluding carboxylic acids is 3. The number of benzene rings is 3. The first-order chi connectivity index (χ1) is 20.4. The van der Waals surface area contributed by atoms with Gasteiger partial charge in [-0.05, 0) is 78.9 Å². The molecule has 3 rings (SSSR count). The summed E-state index contributed by atoms with van der Waals surface area (Å²) in [4.78, 5) is 35.2. The Morgan fingerprint density at radius 3 is 2.02 bits per heavy atom. The number of ether oxygens (including phenoxy) is 4. The molecule has 3 aromatic rings. The summed E-state index contributed by atoms with van der Waals surface area (Å²) >= 11 is 0. The second-order valence-electron chi connectivity index (χ2n) is 9.39. The molecule has 0 amide bonds. The predicted octanol–water partition coefficient (Wildman–Crippen LogP) is 7.21. The summed E-state index contributed by atoms with van der Waals surface area (Å²) < 4.78 is 33.3. The van der Waals surface area contributed by atoms with Crippen molar-refractivity contribution in [3.8, 4) is 22.6 Å². The van der Waals surface area contributed by atoms with Gasteiger partial charge in [0.15, 0.2) is 0 Å². The average molecular weight is 587 g/mol. The van der Waals surface area contributed by atoms with Gasteiger partial charge < -0.3 is 24.1 Å². The number of rotatable bonds is 12. The summed E-state index contributed by atoms with van der Waals surface area (Å²) in [6, 6.07) is 19.3. The van der Waals surface area contributed by atoms with Crippen LogP contribution in [-0.4, -0.2) is 36.2 Å². The Balaban J connectivity index is 1.56. The Hall–Kier alpha value is -5.44. The Bertz CT molecular complexity index is 1580. The molecule has 0 fully saturated rings. The van der Waals surface area contributed by atoms with Gasteiger partial charge in [-0.1, -0.05) is 55.6 Å². The fourth-order valence-corrected chi connectivity index (χ4v) is 3.61. The molecular weight excluding hydrogens is 555 g/mol. The Kier molecular flexibility index (Phi) is 11.2. The Morgan fingerprint density at radius 1 is 0.837 bits per heavy atom. The number of carbonyl (C=O) groups is 3. The summed E-state index contributed by atoms with van der Waals surface area (Å²) in [6.07, 6.45) is 2.87. The fraction of sp³-hybridized carbons (Fsp3) is 0.147. The highest BCUT2D eigenvalue weighted by Crippen LogP contribution is 2.25. The van der Waals surface area contributed by atoms with Gasteiger partial charge in [0.1, 0.15) is 24.7 Å². The third-order valence-corrected chi connectivity index (χ3v) is 5.97. The van der Waals surface area contributed by atoms with Crippen molar-refractivity contribution in [1.29, 1.82) is 0 Å². The largest absolute Gasteiger partial charge is 0.490 e. The molecule has 222 valence electrons. The number of aryl methyl sites for hydroxylation is 1. The summed E-state index contributed by atoms with van der Waals surface area (Å²) in [5.41, 5.74) is 4.47. The molecule has 43 heavy (non-hydrogen) atoms. The van der Waals surface area contributed by atoms with Crippen molar-refractivity contribution in [2.75, 3.05) is 13.2 Å². The molecule has 0 saturated carbocycles. The number of aliphatic hydroxyl groups is 1. The number of allylic oxidation sites excluding steroid dienone is 3. The van der Waals surface area contributed by atoms with E-state index in [1.807, 2.05) is 55.5 Å². The van der Waals surface area contributed by atoms with E-state index >= 15 is 0 Å². The van der Waals surface area contributed by atoms with Gasteiger partial charge in [-0.2, -0.15) is 4.39 Å². The zero-order valence-corrected chi connectivity index (χ0v) is 24.0.